The molecule has 0 saturated carbocycles. The summed E-state index contributed by atoms with van der Waals surface area (Å²) in [6.07, 6.45) is 2.36. The zero-order chi connectivity index (χ0) is 16.4. The van der Waals surface area contributed by atoms with Crippen molar-refractivity contribution in [2.24, 2.45) is 0 Å². The Hall–Kier alpha value is -2.25. The van der Waals surface area contributed by atoms with Crippen molar-refractivity contribution in [3.8, 4) is 0 Å². The van der Waals surface area contributed by atoms with E-state index in [-0.39, 0.29) is 16.8 Å². The molecule has 1 aromatic carbocycles. The largest absolute Gasteiger partial charge is 0.476 e. The highest BCUT2D eigenvalue weighted by atomic mass is 35.5. The Morgan fingerprint density at radius 1 is 1.39 bits per heavy atom. The molecule has 120 valence electrons. The minimum absolute atomic E-state index is 0.0498. The average Bonchev–Trinajstić information content (AvgIpc) is 2.57. The lowest BCUT2D eigenvalue weighted by Crippen LogP contribution is -2.39. The van der Waals surface area contributed by atoms with Crippen LogP contribution in [0.15, 0.2) is 30.6 Å². The van der Waals surface area contributed by atoms with Crippen LogP contribution in [0.4, 0.5) is 10.2 Å². The highest BCUT2D eigenvalue weighted by Gasteiger charge is 2.24. The first-order valence-corrected chi connectivity index (χ1v) is 7.29. The number of hydrogen-bond donors (Lipinski definition) is 1. The minimum atomic E-state index is -1.12. The Kier molecular flexibility index (Phi) is 4.40. The number of anilines is 1. The highest BCUT2D eigenvalue weighted by molar-refractivity contribution is 6.30. The molecule has 0 radical (unpaired) electrons. The Morgan fingerprint density at radius 2 is 2.22 bits per heavy atom. The molecule has 1 saturated heterocycles. The molecule has 0 aliphatic carbocycles. The molecular formula is C15H13ClFN3O3. The molecular weight excluding hydrogens is 325 g/mol. The zero-order valence-electron chi connectivity index (χ0n) is 11.9. The number of rotatable bonds is 3. The second kappa shape index (κ2) is 6.47. The summed E-state index contributed by atoms with van der Waals surface area (Å²) < 4.78 is 19.0. The van der Waals surface area contributed by atoms with Gasteiger partial charge >= 0.3 is 5.97 Å². The summed E-state index contributed by atoms with van der Waals surface area (Å²) in [5, 5.41) is 8.90. The number of morpholine rings is 1. The van der Waals surface area contributed by atoms with Crippen molar-refractivity contribution in [3.05, 3.63) is 52.7 Å². The van der Waals surface area contributed by atoms with Crippen LogP contribution < -0.4 is 4.90 Å². The van der Waals surface area contributed by atoms with Crippen LogP contribution in [-0.2, 0) is 4.74 Å². The summed E-state index contributed by atoms with van der Waals surface area (Å²) in [4.78, 5) is 20.7. The molecule has 1 atom stereocenters. The standard InChI is InChI=1S/C15H13ClFN3O3/c16-10-5-9(1-2-11(10)17)13-8-20(3-4-23-13)14-7-18-12(6-19-14)15(21)22/h1-2,5-7,13H,3-4,8H2,(H,21,22). The van der Waals surface area contributed by atoms with E-state index in [1.807, 2.05) is 4.90 Å². The van der Waals surface area contributed by atoms with Gasteiger partial charge in [-0.1, -0.05) is 17.7 Å². The molecule has 1 unspecified atom stereocenters. The van der Waals surface area contributed by atoms with Crippen LogP contribution in [0.1, 0.15) is 22.2 Å². The van der Waals surface area contributed by atoms with Crippen LogP contribution in [0.2, 0.25) is 5.02 Å². The van der Waals surface area contributed by atoms with Gasteiger partial charge in [-0.3, -0.25) is 0 Å². The van der Waals surface area contributed by atoms with Gasteiger partial charge in [0.1, 0.15) is 17.7 Å². The maximum atomic E-state index is 13.3. The van der Waals surface area contributed by atoms with Crippen molar-refractivity contribution in [2.45, 2.75) is 6.10 Å². The maximum Gasteiger partial charge on any atom is 0.356 e. The van der Waals surface area contributed by atoms with Gasteiger partial charge in [-0.25, -0.2) is 19.2 Å². The van der Waals surface area contributed by atoms with E-state index >= 15 is 0 Å². The number of aromatic carboxylic acids is 1. The second-order valence-electron chi connectivity index (χ2n) is 5.04. The number of hydrogen-bond acceptors (Lipinski definition) is 5. The van der Waals surface area contributed by atoms with E-state index in [1.54, 1.807) is 12.1 Å². The van der Waals surface area contributed by atoms with Gasteiger partial charge in [0, 0.05) is 13.1 Å². The fraction of sp³-hybridized carbons (Fsp3) is 0.267. The Labute approximate surface area is 136 Å². The Bertz CT molecular complexity index is 726. The van der Waals surface area contributed by atoms with E-state index in [2.05, 4.69) is 9.97 Å². The molecule has 8 heteroatoms. The Balaban J connectivity index is 1.77. The molecule has 0 bridgehead atoms. The molecule has 0 spiro atoms. The molecule has 1 fully saturated rings. The van der Waals surface area contributed by atoms with Gasteiger partial charge in [-0.15, -0.1) is 0 Å². The lowest BCUT2D eigenvalue weighted by atomic mass is 10.1. The number of carboxylic acid groups (broad SMARTS) is 1. The van der Waals surface area contributed by atoms with Gasteiger partial charge in [-0.2, -0.15) is 0 Å². The van der Waals surface area contributed by atoms with Crippen molar-refractivity contribution >= 4 is 23.4 Å². The molecule has 2 aromatic rings. The summed E-state index contributed by atoms with van der Waals surface area (Å²) in [5.41, 5.74) is 0.667. The lowest BCUT2D eigenvalue weighted by Gasteiger charge is -2.33. The van der Waals surface area contributed by atoms with Crippen LogP contribution >= 0.6 is 11.6 Å². The summed E-state index contributed by atoms with van der Waals surface area (Å²) in [5.74, 6) is -1.03. The van der Waals surface area contributed by atoms with Crippen molar-refractivity contribution in [1.82, 2.24) is 9.97 Å². The number of carbonyl (C=O) groups is 1. The molecule has 23 heavy (non-hydrogen) atoms. The van der Waals surface area contributed by atoms with Crippen LogP contribution in [0.5, 0.6) is 0 Å². The lowest BCUT2D eigenvalue weighted by molar-refractivity contribution is 0.0394. The normalized spacial score (nSPS) is 18.0. The molecule has 1 N–H and O–H groups in total. The molecule has 1 aromatic heterocycles. The third-order valence-corrected chi connectivity index (χ3v) is 3.85. The number of halogens is 2. The minimum Gasteiger partial charge on any atom is -0.476 e. The smallest absolute Gasteiger partial charge is 0.356 e. The van der Waals surface area contributed by atoms with E-state index in [0.717, 1.165) is 5.56 Å². The topological polar surface area (TPSA) is 75.5 Å². The number of benzene rings is 1. The third-order valence-electron chi connectivity index (χ3n) is 3.56. The number of carboxylic acids is 1. The molecule has 3 rings (SSSR count). The van der Waals surface area contributed by atoms with Gasteiger partial charge in [0.2, 0.25) is 0 Å². The zero-order valence-corrected chi connectivity index (χ0v) is 12.7. The highest BCUT2D eigenvalue weighted by Crippen LogP contribution is 2.27. The van der Waals surface area contributed by atoms with Crippen LogP contribution in [0.25, 0.3) is 0 Å². The molecule has 2 heterocycles. The van der Waals surface area contributed by atoms with Crippen molar-refractivity contribution < 1.29 is 19.0 Å². The molecule has 6 nitrogen and oxygen atoms in total. The van der Waals surface area contributed by atoms with Crippen molar-refractivity contribution in [3.63, 3.8) is 0 Å². The van der Waals surface area contributed by atoms with Gasteiger partial charge in [0.05, 0.1) is 24.0 Å². The van der Waals surface area contributed by atoms with E-state index in [0.29, 0.717) is 25.5 Å². The number of nitrogens with zero attached hydrogens (tertiary/aromatic N) is 3. The van der Waals surface area contributed by atoms with Crippen LogP contribution in [-0.4, -0.2) is 40.7 Å². The van der Waals surface area contributed by atoms with Crippen LogP contribution in [0, 0.1) is 5.82 Å². The maximum absolute atomic E-state index is 13.3. The monoisotopic (exact) mass is 337 g/mol. The fourth-order valence-electron chi connectivity index (χ4n) is 2.37. The van der Waals surface area contributed by atoms with Crippen molar-refractivity contribution in [2.75, 3.05) is 24.6 Å². The van der Waals surface area contributed by atoms with Gasteiger partial charge in [-0.05, 0) is 17.7 Å². The number of ether oxygens (including phenoxy) is 1. The molecule has 0 amide bonds. The Morgan fingerprint density at radius 3 is 2.87 bits per heavy atom. The summed E-state index contributed by atoms with van der Waals surface area (Å²) in [6.45, 7) is 1.55. The van der Waals surface area contributed by atoms with E-state index in [9.17, 15) is 9.18 Å². The average molecular weight is 338 g/mol. The van der Waals surface area contributed by atoms with E-state index in [4.69, 9.17) is 21.4 Å². The first-order chi connectivity index (χ1) is 11.0. The first kappa shape index (κ1) is 15.6. The summed E-state index contributed by atoms with van der Waals surface area (Å²) in [6, 6.07) is 4.49. The van der Waals surface area contributed by atoms with Crippen LogP contribution in [0.3, 0.4) is 0 Å². The molecule has 1 aliphatic heterocycles. The van der Waals surface area contributed by atoms with E-state index < -0.39 is 11.8 Å². The van der Waals surface area contributed by atoms with E-state index in [1.165, 1.54) is 18.5 Å². The predicted octanol–water partition coefficient (Wildman–Crippen LogP) is 2.55. The van der Waals surface area contributed by atoms with Gasteiger partial charge in [0.25, 0.3) is 0 Å². The fourth-order valence-corrected chi connectivity index (χ4v) is 2.56. The predicted molar refractivity (Wildman–Crippen MR) is 81.3 cm³/mol. The third kappa shape index (κ3) is 3.40. The quantitative estimate of drug-likeness (QED) is 0.927. The van der Waals surface area contributed by atoms with Gasteiger partial charge in [0.15, 0.2) is 5.69 Å². The number of aromatic nitrogens is 2. The molecule has 1 aliphatic rings. The second-order valence-corrected chi connectivity index (χ2v) is 5.45. The summed E-state index contributed by atoms with van der Waals surface area (Å²) >= 11 is 5.81. The first-order valence-electron chi connectivity index (χ1n) is 6.91. The van der Waals surface area contributed by atoms with Gasteiger partial charge < -0.3 is 14.7 Å². The van der Waals surface area contributed by atoms with Crippen molar-refractivity contribution in [1.29, 1.82) is 0 Å². The SMILES string of the molecule is O=C(O)c1cnc(N2CCOC(c3ccc(F)c(Cl)c3)C2)cn1. The summed E-state index contributed by atoms with van der Waals surface area (Å²) in [7, 11) is 0.